The third-order valence-corrected chi connectivity index (χ3v) is 10.5. The lowest BCUT2D eigenvalue weighted by molar-refractivity contribution is -0.177. The molecule has 0 bridgehead atoms. The van der Waals surface area contributed by atoms with E-state index in [9.17, 15) is 14.4 Å². The fourth-order valence-electron chi connectivity index (χ4n) is 3.64. The molecule has 2 aromatic carbocycles. The van der Waals surface area contributed by atoms with Crippen molar-refractivity contribution in [1.29, 1.82) is 0 Å². The average Bonchev–Trinajstić information content (AvgIpc) is 2.77. The maximum atomic E-state index is 12.9. The molecular weight excluding hydrogens is 440 g/mol. The summed E-state index contributed by atoms with van der Waals surface area (Å²) < 4.78 is 16.7. The lowest BCUT2D eigenvalue weighted by Gasteiger charge is -2.44. The first-order chi connectivity index (χ1) is 15.4. The monoisotopic (exact) mass is 472 g/mol. The Balaban J connectivity index is 2.34. The van der Waals surface area contributed by atoms with Crippen molar-refractivity contribution in [3.63, 3.8) is 0 Å². The fraction of sp³-hybridized carbons (Fsp3) is 0.400. The number of carboxylic acids is 1. The van der Waals surface area contributed by atoms with Crippen LogP contribution in [0.4, 0.5) is 0 Å². The summed E-state index contributed by atoms with van der Waals surface area (Å²) in [5.41, 5.74) is 0. The third-order valence-electron chi connectivity index (χ3n) is 5.37. The number of esters is 2. The van der Waals surface area contributed by atoms with Gasteiger partial charge in [0.1, 0.15) is 6.10 Å². The molecule has 0 aliphatic heterocycles. The van der Waals surface area contributed by atoms with Crippen molar-refractivity contribution >= 4 is 36.6 Å². The highest BCUT2D eigenvalue weighted by Gasteiger charge is 2.52. The fourth-order valence-corrected chi connectivity index (χ4v) is 8.28. The average molecular weight is 473 g/mol. The van der Waals surface area contributed by atoms with Crippen LogP contribution >= 0.6 is 0 Å². The highest BCUT2D eigenvalue weighted by molar-refractivity contribution is 6.99. The Morgan fingerprint density at radius 2 is 1.12 bits per heavy atom. The van der Waals surface area contributed by atoms with Crippen molar-refractivity contribution in [3.05, 3.63) is 60.7 Å². The van der Waals surface area contributed by atoms with Crippen LogP contribution in [0.15, 0.2) is 60.7 Å². The number of benzene rings is 2. The molecule has 0 amide bonds. The standard InChI is InChI=1S/C25H32O7Si/c1-17(22(26)27)30-23(28)18(2)31-24(29)19(3)32-33(25(4,5)6,20-13-9-7-10-14-20)21-15-11-8-12-16-21/h7-19H,1-6H3,(H,26,27). The second-order valence-electron chi connectivity index (χ2n) is 8.92. The first kappa shape index (κ1) is 26.3. The van der Waals surface area contributed by atoms with Gasteiger partial charge in [0.05, 0.1) is 0 Å². The van der Waals surface area contributed by atoms with E-state index >= 15 is 0 Å². The molecule has 2 aromatic rings. The zero-order valence-corrected chi connectivity index (χ0v) is 20.9. The molecule has 33 heavy (non-hydrogen) atoms. The number of carbonyl (C=O) groups excluding carboxylic acids is 2. The van der Waals surface area contributed by atoms with E-state index in [1.54, 1.807) is 6.92 Å². The van der Waals surface area contributed by atoms with Gasteiger partial charge in [-0.25, -0.2) is 14.4 Å². The van der Waals surface area contributed by atoms with Crippen LogP contribution in [-0.4, -0.2) is 49.6 Å². The summed E-state index contributed by atoms with van der Waals surface area (Å²) in [4.78, 5) is 35.9. The number of hydrogen-bond donors (Lipinski definition) is 1. The van der Waals surface area contributed by atoms with Gasteiger partial charge in [-0.2, -0.15) is 0 Å². The molecule has 0 saturated carbocycles. The molecule has 0 radical (unpaired) electrons. The molecule has 0 heterocycles. The second kappa shape index (κ2) is 10.8. The van der Waals surface area contributed by atoms with Gasteiger partial charge in [0, 0.05) is 0 Å². The maximum Gasteiger partial charge on any atom is 0.347 e. The van der Waals surface area contributed by atoms with E-state index in [1.165, 1.54) is 13.8 Å². The molecule has 3 atom stereocenters. The van der Waals surface area contributed by atoms with Crippen LogP contribution in [0.3, 0.4) is 0 Å². The van der Waals surface area contributed by atoms with Gasteiger partial charge < -0.3 is 19.0 Å². The van der Waals surface area contributed by atoms with Gasteiger partial charge in [-0.1, -0.05) is 81.4 Å². The molecule has 0 fully saturated rings. The number of ether oxygens (including phenoxy) is 2. The van der Waals surface area contributed by atoms with Crippen molar-refractivity contribution in [3.8, 4) is 0 Å². The summed E-state index contributed by atoms with van der Waals surface area (Å²) in [5, 5.41) is 10.6. The zero-order chi connectivity index (χ0) is 24.8. The Morgan fingerprint density at radius 3 is 1.52 bits per heavy atom. The van der Waals surface area contributed by atoms with Crippen LogP contribution in [0.5, 0.6) is 0 Å². The summed E-state index contributed by atoms with van der Waals surface area (Å²) in [6, 6.07) is 19.7. The van der Waals surface area contributed by atoms with Crippen molar-refractivity contribution in [2.24, 2.45) is 0 Å². The van der Waals surface area contributed by atoms with Gasteiger partial charge in [-0.05, 0) is 36.2 Å². The molecule has 7 nitrogen and oxygen atoms in total. The highest BCUT2D eigenvalue weighted by atomic mass is 28.4. The van der Waals surface area contributed by atoms with Gasteiger partial charge in [-0.3, -0.25) is 0 Å². The van der Waals surface area contributed by atoms with Crippen LogP contribution in [0.25, 0.3) is 0 Å². The number of hydrogen-bond acceptors (Lipinski definition) is 6. The molecule has 8 heteroatoms. The van der Waals surface area contributed by atoms with Gasteiger partial charge >= 0.3 is 17.9 Å². The molecule has 178 valence electrons. The molecule has 1 N–H and O–H groups in total. The predicted molar refractivity (Wildman–Crippen MR) is 127 cm³/mol. The highest BCUT2D eigenvalue weighted by Crippen LogP contribution is 2.37. The van der Waals surface area contributed by atoms with Gasteiger partial charge in [0.25, 0.3) is 8.32 Å². The van der Waals surface area contributed by atoms with E-state index in [4.69, 9.17) is 19.0 Å². The number of carbonyl (C=O) groups is 3. The minimum Gasteiger partial charge on any atom is -0.479 e. The van der Waals surface area contributed by atoms with Crippen molar-refractivity contribution in [2.45, 2.75) is 64.9 Å². The summed E-state index contributed by atoms with van der Waals surface area (Å²) in [5.74, 6) is -2.95. The summed E-state index contributed by atoms with van der Waals surface area (Å²) in [7, 11) is -2.99. The summed E-state index contributed by atoms with van der Waals surface area (Å²) >= 11 is 0. The minimum absolute atomic E-state index is 0.342. The normalized spacial score (nSPS) is 14.6. The SMILES string of the molecule is CC(OC(=O)C(C)OC(=O)C(C)O[Si](c1ccccc1)(c1ccccc1)C(C)(C)C)C(=O)O. The Kier molecular flexibility index (Phi) is 8.57. The summed E-state index contributed by atoms with van der Waals surface area (Å²) in [6.07, 6.45) is -3.60. The Hall–Kier alpha value is -2.97. The van der Waals surface area contributed by atoms with E-state index in [0.29, 0.717) is 0 Å². The number of aliphatic carboxylic acids is 1. The smallest absolute Gasteiger partial charge is 0.347 e. The molecular formula is C25H32O7Si. The van der Waals surface area contributed by atoms with E-state index in [1.807, 2.05) is 60.7 Å². The van der Waals surface area contributed by atoms with Crippen LogP contribution in [-0.2, 0) is 28.3 Å². The second-order valence-corrected chi connectivity index (χ2v) is 13.2. The Labute approximate surface area is 195 Å². The van der Waals surface area contributed by atoms with Crippen molar-refractivity contribution < 1.29 is 33.4 Å². The quantitative estimate of drug-likeness (QED) is 0.442. The largest absolute Gasteiger partial charge is 0.479 e. The lowest BCUT2D eigenvalue weighted by Crippen LogP contribution is -2.68. The molecule has 0 aliphatic rings. The van der Waals surface area contributed by atoms with Gasteiger partial charge in [0.15, 0.2) is 12.2 Å². The van der Waals surface area contributed by atoms with Crippen LogP contribution in [0, 0.1) is 0 Å². The predicted octanol–water partition coefficient (Wildman–Crippen LogP) is 2.90. The molecule has 0 aliphatic carbocycles. The first-order valence-corrected chi connectivity index (χ1v) is 12.7. The first-order valence-electron chi connectivity index (χ1n) is 10.8. The third kappa shape index (κ3) is 6.09. The van der Waals surface area contributed by atoms with Crippen molar-refractivity contribution in [2.75, 3.05) is 0 Å². The van der Waals surface area contributed by atoms with Crippen LogP contribution in [0.2, 0.25) is 5.04 Å². The minimum atomic E-state index is -2.99. The van der Waals surface area contributed by atoms with Gasteiger partial charge in [0.2, 0.25) is 0 Å². The number of carboxylic acid groups (broad SMARTS) is 1. The molecule has 0 spiro atoms. The number of rotatable bonds is 9. The van der Waals surface area contributed by atoms with E-state index in [2.05, 4.69) is 20.8 Å². The molecule has 0 saturated heterocycles. The maximum absolute atomic E-state index is 12.9. The topological polar surface area (TPSA) is 99.1 Å². The van der Waals surface area contributed by atoms with Crippen LogP contribution < -0.4 is 10.4 Å². The van der Waals surface area contributed by atoms with Crippen LogP contribution in [0.1, 0.15) is 41.5 Å². The Morgan fingerprint density at radius 1 is 0.727 bits per heavy atom. The molecule has 3 unspecified atom stereocenters. The van der Waals surface area contributed by atoms with Crippen molar-refractivity contribution in [1.82, 2.24) is 0 Å². The van der Waals surface area contributed by atoms with Gasteiger partial charge in [-0.15, -0.1) is 0 Å². The summed E-state index contributed by atoms with van der Waals surface area (Å²) in [6.45, 7) is 10.4. The van der Waals surface area contributed by atoms with E-state index in [0.717, 1.165) is 10.4 Å². The van der Waals surface area contributed by atoms with E-state index in [-0.39, 0.29) is 5.04 Å². The molecule has 0 aromatic heterocycles. The van der Waals surface area contributed by atoms with E-state index < -0.39 is 44.5 Å². The zero-order valence-electron chi connectivity index (χ0n) is 19.9. The molecule has 2 rings (SSSR count). The lowest BCUT2D eigenvalue weighted by atomic mass is 10.2. The Bertz CT molecular complexity index is 914.